The Bertz CT molecular complexity index is 1280. The van der Waals surface area contributed by atoms with E-state index in [0.717, 1.165) is 54.4 Å². The van der Waals surface area contributed by atoms with Crippen LogP contribution in [0.15, 0.2) is 36.4 Å². The minimum atomic E-state index is -1.13. The van der Waals surface area contributed by atoms with E-state index < -0.39 is 35.6 Å². The third-order valence-electron chi connectivity index (χ3n) is 7.55. The number of nitrogens with zero attached hydrogens (tertiary/aromatic N) is 1. The molecule has 0 bridgehead atoms. The second kappa shape index (κ2) is 17.6. The summed E-state index contributed by atoms with van der Waals surface area (Å²) in [5, 5.41) is 5.78. The van der Waals surface area contributed by atoms with E-state index >= 15 is 0 Å². The van der Waals surface area contributed by atoms with Crippen LogP contribution >= 0.6 is 0 Å². The fourth-order valence-corrected chi connectivity index (χ4v) is 5.47. The van der Waals surface area contributed by atoms with Gasteiger partial charge in [0.25, 0.3) is 5.91 Å². The maximum absolute atomic E-state index is 14.5. The van der Waals surface area contributed by atoms with Gasteiger partial charge in [-0.1, -0.05) is 86.6 Å². The van der Waals surface area contributed by atoms with E-state index in [1.807, 2.05) is 64.1 Å². The Labute approximate surface area is 269 Å². The van der Waals surface area contributed by atoms with Gasteiger partial charge in [-0.3, -0.25) is 14.4 Å². The van der Waals surface area contributed by atoms with Crippen molar-refractivity contribution in [3.8, 4) is 0 Å². The highest BCUT2D eigenvalue weighted by molar-refractivity contribution is 6.00. The lowest BCUT2D eigenvalue weighted by atomic mass is 9.97. The van der Waals surface area contributed by atoms with Crippen molar-refractivity contribution in [1.29, 1.82) is 0 Å². The Morgan fingerprint density at radius 1 is 0.889 bits per heavy atom. The zero-order chi connectivity index (χ0) is 33.7. The number of rotatable bonds is 16. The van der Waals surface area contributed by atoms with Crippen LogP contribution in [-0.4, -0.2) is 46.9 Å². The van der Waals surface area contributed by atoms with Crippen LogP contribution in [0.4, 0.5) is 10.5 Å². The Balaban J connectivity index is 2.62. The molecule has 248 valence electrons. The molecule has 45 heavy (non-hydrogen) atoms. The lowest BCUT2D eigenvalue weighted by Gasteiger charge is -2.35. The number of benzene rings is 2. The number of unbranched alkanes of at least 4 members (excludes halogenated alkanes) is 5. The maximum Gasteiger partial charge on any atom is 0.408 e. The summed E-state index contributed by atoms with van der Waals surface area (Å²) in [5.74, 6) is -1.43. The fourth-order valence-electron chi connectivity index (χ4n) is 5.47. The van der Waals surface area contributed by atoms with Gasteiger partial charge in [0.15, 0.2) is 0 Å². The van der Waals surface area contributed by atoms with E-state index in [1.165, 1.54) is 0 Å². The van der Waals surface area contributed by atoms with Gasteiger partial charge in [-0.2, -0.15) is 0 Å². The van der Waals surface area contributed by atoms with Crippen LogP contribution in [0.5, 0.6) is 0 Å². The summed E-state index contributed by atoms with van der Waals surface area (Å²) in [6.45, 7) is 15.4. The highest BCUT2D eigenvalue weighted by Crippen LogP contribution is 2.29. The van der Waals surface area contributed by atoms with Gasteiger partial charge in [-0.05, 0) is 78.0 Å². The van der Waals surface area contributed by atoms with E-state index in [0.29, 0.717) is 17.7 Å². The number of carbonyl (C=O) groups is 4. The molecule has 0 aliphatic carbocycles. The van der Waals surface area contributed by atoms with Gasteiger partial charge in [0, 0.05) is 18.7 Å². The van der Waals surface area contributed by atoms with Gasteiger partial charge in [0.2, 0.25) is 11.8 Å². The molecule has 0 heterocycles. The second-order valence-corrected chi connectivity index (χ2v) is 13.1. The number of anilines is 1. The molecule has 4 amide bonds. The maximum atomic E-state index is 14.5. The van der Waals surface area contributed by atoms with Crippen molar-refractivity contribution in [1.82, 2.24) is 10.2 Å². The van der Waals surface area contributed by atoms with E-state index in [9.17, 15) is 19.2 Å². The summed E-state index contributed by atoms with van der Waals surface area (Å²) in [7, 11) is 0. The lowest BCUT2D eigenvalue weighted by molar-refractivity contribution is -0.141. The average Bonchev–Trinajstić information content (AvgIpc) is 2.92. The molecule has 2 rings (SSSR count). The molecule has 0 aliphatic heterocycles. The van der Waals surface area contributed by atoms with E-state index in [4.69, 9.17) is 10.5 Å². The molecule has 0 saturated heterocycles. The molecular formula is C36H54N4O5. The molecule has 0 saturated carbocycles. The summed E-state index contributed by atoms with van der Waals surface area (Å²) in [4.78, 5) is 55.1. The first-order chi connectivity index (χ1) is 21.1. The molecular weight excluding hydrogens is 568 g/mol. The molecule has 0 fully saturated rings. The van der Waals surface area contributed by atoms with Crippen molar-refractivity contribution in [2.45, 2.75) is 124 Å². The molecule has 0 radical (unpaired) electrons. The highest BCUT2D eigenvalue weighted by Gasteiger charge is 2.36. The number of aryl methyl sites for hydroxylation is 4. The number of para-hydroxylation sites is 1. The van der Waals surface area contributed by atoms with Crippen LogP contribution in [0.25, 0.3) is 0 Å². The number of nitrogens with one attached hydrogen (secondary N) is 2. The van der Waals surface area contributed by atoms with Crippen molar-refractivity contribution in [2.24, 2.45) is 5.73 Å². The number of amides is 4. The first-order valence-corrected chi connectivity index (χ1v) is 16.2. The van der Waals surface area contributed by atoms with Gasteiger partial charge in [-0.25, -0.2) is 4.79 Å². The van der Waals surface area contributed by atoms with Crippen LogP contribution in [0, 0.1) is 27.7 Å². The Kier molecular flexibility index (Phi) is 14.6. The molecule has 0 spiro atoms. The Hall–Kier alpha value is -3.88. The average molecular weight is 623 g/mol. The zero-order valence-corrected chi connectivity index (χ0v) is 28.5. The molecule has 2 aromatic rings. The largest absolute Gasteiger partial charge is 0.444 e. The Morgan fingerprint density at radius 2 is 1.47 bits per heavy atom. The zero-order valence-electron chi connectivity index (χ0n) is 28.5. The third kappa shape index (κ3) is 12.6. The minimum Gasteiger partial charge on any atom is -0.444 e. The van der Waals surface area contributed by atoms with Crippen LogP contribution in [-0.2, 0) is 19.1 Å². The van der Waals surface area contributed by atoms with E-state index in [1.54, 1.807) is 25.7 Å². The quantitative estimate of drug-likeness (QED) is 0.174. The van der Waals surface area contributed by atoms with Crippen molar-refractivity contribution in [2.75, 3.05) is 11.9 Å². The fraction of sp³-hybridized carbons (Fsp3) is 0.556. The van der Waals surface area contributed by atoms with Gasteiger partial charge in [0.05, 0.1) is 0 Å². The number of hydrogen-bond acceptors (Lipinski definition) is 5. The monoisotopic (exact) mass is 622 g/mol. The number of alkyl carbamates (subject to hydrolysis) is 1. The molecule has 2 unspecified atom stereocenters. The first kappa shape index (κ1) is 37.3. The van der Waals surface area contributed by atoms with Gasteiger partial charge in [0.1, 0.15) is 17.7 Å². The number of hydrogen-bond donors (Lipinski definition) is 3. The summed E-state index contributed by atoms with van der Waals surface area (Å²) in [6, 6.07) is 9.52. The minimum absolute atomic E-state index is 0.0293. The normalized spacial score (nSPS) is 12.6. The summed E-state index contributed by atoms with van der Waals surface area (Å²) in [5.41, 5.74) is 9.75. The van der Waals surface area contributed by atoms with Crippen LogP contribution < -0.4 is 16.4 Å². The second-order valence-electron chi connectivity index (χ2n) is 13.1. The molecule has 0 aromatic heterocycles. The van der Waals surface area contributed by atoms with Crippen molar-refractivity contribution in [3.05, 3.63) is 64.2 Å². The summed E-state index contributed by atoms with van der Waals surface area (Å²) >= 11 is 0. The number of nitrogens with two attached hydrogens (primary N) is 1. The molecule has 9 nitrogen and oxygen atoms in total. The first-order valence-electron chi connectivity index (χ1n) is 16.2. The van der Waals surface area contributed by atoms with Crippen LogP contribution in [0.2, 0.25) is 0 Å². The Morgan fingerprint density at radius 3 is 2.02 bits per heavy atom. The number of carbonyl (C=O) groups excluding carboxylic acids is 4. The third-order valence-corrected chi connectivity index (χ3v) is 7.55. The smallest absolute Gasteiger partial charge is 0.408 e. The van der Waals surface area contributed by atoms with Gasteiger partial charge >= 0.3 is 6.09 Å². The van der Waals surface area contributed by atoms with Gasteiger partial charge < -0.3 is 26.0 Å². The standard InChI is InChI=1S/C36H54N4O5/c1-9-10-11-12-13-14-20-40(34(43)29(18-19-30(37)41)38-35(44)45-36(6,7)8)32(28-22-24(2)21-25(3)23-28)33(42)39-31-26(4)16-15-17-27(31)5/h15-17,21-23,29,32H,9-14,18-20H2,1-8H3,(H2,37,41)(H,38,44)(H,39,42). The molecule has 0 aliphatic rings. The SMILES string of the molecule is CCCCCCCCN(C(=O)C(CCC(N)=O)NC(=O)OC(C)(C)C)C(C(=O)Nc1c(C)cccc1C)c1cc(C)cc(C)c1. The number of ether oxygens (including phenoxy) is 1. The van der Waals surface area contributed by atoms with Crippen LogP contribution in [0.1, 0.15) is 113 Å². The summed E-state index contributed by atoms with van der Waals surface area (Å²) in [6.07, 6.45) is 4.98. The van der Waals surface area contributed by atoms with E-state index in [-0.39, 0.29) is 25.3 Å². The summed E-state index contributed by atoms with van der Waals surface area (Å²) < 4.78 is 5.45. The molecule has 2 atom stereocenters. The van der Waals surface area contributed by atoms with Crippen molar-refractivity contribution >= 4 is 29.5 Å². The van der Waals surface area contributed by atoms with Crippen molar-refractivity contribution < 1.29 is 23.9 Å². The van der Waals surface area contributed by atoms with Crippen LogP contribution in [0.3, 0.4) is 0 Å². The number of primary amides is 1. The predicted octanol–water partition coefficient (Wildman–Crippen LogP) is 6.95. The molecule has 2 aromatic carbocycles. The topological polar surface area (TPSA) is 131 Å². The predicted molar refractivity (Wildman–Crippen MR) is 180 cm³/mol. The van der Waals surface area contributed by atoms with Gasteiger partial charge in [-0.15, -0.1) is 0 Å². The molecule has 9 heteroatoms. The highest BCUT2D eigenvalue weighted by atomic mass is 16.6. The molecule has 4 N–H and O–H groups in total. The van der Waals surface area contributed by atoms with Crippen molar-refractivity contribution in [3.63, 3.8) is 0 Å². The lowest BCUT2D eigenvalue weighted by Crippen LogP contribution is -2.53. The van der Waals surface area contributed by atoms with E-state index in [2.05, 4.69) is 17.6 Å².